The first-order chi connectivity index (χ1) is 26.7. The molecule has 54 heavy (non-hydrogen) atoms. The van der Waals surface area contributed by atoms with Gasteiger partial charge in [-0.3, -0.25) is 0 Å². The third kappa shape index (κ3) is 5.88. The van der Waals surface area contributed by atoms with Gasteiger partial charge in [0.15, 0.2) is 17.5 Å². The van der Waals surface area contributed by atoms with E-state index >= 15 is 0 Å². The largest absolute Gasteiger partial charge is 0.208 e. The fourth-order valence-corrected chi connectivity index (χ4v) is 7.54. The minimum atomic E-state index is 0.632. The summed E-state index contributed by atoms with van der Waals surface area (Å²) in [5.74, 6) is 1.91. The van der Waals surface area contributed by atoms with Crippen molar-refractivity contribution >= 4 is 32.3 Å². The van der Waals surface area contributed by atoms with Gasteiger partial charge in [-0.05, 0) is 96.0 Å². The van der Waals surface area contributed by atoms with Gasteiger partial charge in [0.25, 0.3) is 0 Å². The lowest BCUT2D eigenvalue weighted by Crippen LogP contribution is -2.01. The van der Waals surface area contributed by atoms with Gasteiger partial charge in [0.05, 0.1) is 0 Å². The van der Waals surface area contributed by atoms with E-state index in [0.717, 1.165) is 49.7 Å². The van der Waals surface area contributed by atoms with Crippen molar-refractivity contribution in [1.29, 1.82) is 0 Å². The fraction of sp³-hybridized carbons (Fsp3) is 0. The van der Waals surface area contributed by atoms with Crippen LogP contribution in [0.2, 0.25) is 0 Å². The van der Waals surface area contributed by atoms with Gasteiger partial charge < -0.3 is 0 Å². The smallest absolute Gasteiger partial charge is 0.164 e. The lowest BCUT2D eigenvalue weighted by molar-refractivity contribution is 1.08. The molecule has 0 radical (unpaired) electrons. The SMILES string of the molecule is c1ccc(-c2cccc(-c3nc(-c4cccc(-c5ccc6cc(-c7ccccc7)ccc6c5)c4)nc(-c4cc5ccccc5c5ccccc45)n3)c2)cc1. The molecular weight excluding hydrogens is 655 g/mol. The monoisotopic (exact) mass is 687 g/mol. The zero-order chi connectivity index (χ0) is 35.8. The summed E-state index contributed by atoms with van der Waals surface area (Å²) in [4.78, 5) is 15.6. The highest BCUT2D eigenvalue weighted by Gasteiger charge is 2.17. The van der Waals surface area contributed by atoms with Crippen LogP contribution in [0, 0.1) is 0 Å². The third-order valence-electron chi connectivity index (χ3n) is 10.3. The zero-order valence-electron chi connectivity index (χ0n) is 29.4. The van der Waals surface area contributed by atoms with E-state index < -0.39 is 0 Å². The molecule has 0 unspecified atom stereocenters. The first-order valence-corrected chi connectivity index (χ1v) is 18.3. The van der Waals surface area contributed by atoms with Crippen molar-refractivity contribution in [2.45, 2.75) is 0 Å². The van der Waals surface area contributed by atoms with Crippen LogP contribution in [0.5, 0.6) is 0 Å². The van der Waals surface area contributed by atoms with E-state index in [1.54, 1.807) is 0 Å². The number of hydrogen-bond acceptors (Lipinski definition) is 3. The Balaban J connectivity index is 1.12. The van der Waals surface area contributed by atoms with Crippen molar-refractivity contribution < 1.29 is 0 Å². The molecule has 0 amide bonds. The molecule has 0 saturated carbocycles. The molecule has 9 aromatic carbocycles. The van der Waals surface area contributed by atoms with Crippen LogP contribution in [0.15, 0.2) is 200 Å². The molecule has 10 aromatic rings. The van der Waals surface area contributed by atoms with E-state index in [4.69, 9.17) is 15.0 Å². The fourth-order valence-electron chi connectivity index (χ4n) is 7.54. The molecule has 0 aliphatic rings. The van der Waals surface area contributed by atoms with Crippen molar-refractivity contribution in [3.8, 4) is 67.5 Å². The summed E-state index contributed by atoms with van der Waals surface area (Å²) in [6, 6.07) is 70.6. The second kappa shape index (κ2) is 13.4. The molecule has 0 fully saturated rings. The lowest BCUT2D eigenvalue weighted by Gasteiger charge is -2.13. The molecular formula is C51H33N3. The molecule has 3 heteroatoms. The van der Waals surface area contributed by atoms with E-state index in [1.807, 2.05) is 6.07 Å². The highest BCUT2D eigenvalue weighted by atomic mass is 15.0. The Morgan fingerprint density at radius 3 is 1.26 bits per heavy atom. The summed E-state index contributed by atoms with van der Waals surface area (Å²) in [5, 5.41) is 7.05. The summed E-state index contributed by atoms with van der Waals surface area (Å²) in [6.07, 6.45) is 0. The zero-order valence-corrected chi connectivity index (χ0v) is 29.4. The molecule has 1 heterocycles. The third-order valence-corrected chi connectivity index (χ3v) is 10.3. The van der Waals surface area contributed by atoms with Gasteiger partial charge in [0, 0.05) is 16.7 Å². The Morgan fingerprint density at radius 1 is 0.222 bits per heavy atom. The average Bonchev–Trinajstić information content (AvgIpc) is 3.26. The molecule has 10 rings (SSSR count). The highest BCUT2D eigenvalue weighted by Crippen LogP contribution is 2.36. The van der Waals surface area contributed by atoms with Crippen molar-refractivity contribution in [3.05, 3.63) is 200 Å². The maximum atomic E-state index is 5.24. The van der Waals surface area contributed by atoms with Crippen molar-refractivity contribution in [3.63, 3.8) is 0 Å². The quantitative estimate of drug-likeness (QED) is 0.163. The first kappa shape index (κ1) is 31.5. The maximum absolute atomic E-state index is 5.24. The Kier molecular flexibility index (Phi) is 7.81. The number of fused-ring (bicyclic) bond motifs is 4. The summed E-state index contributed by atoms with van der Waals surface area (Å²) >= 11 is 0. The predicted octanol–water partition coefficient (Wildman–Crippen LogP) is 13.3. The van der Waals surface area contributed by atoms with Crippen LogP contribution in [-0.2, 0) is 0 Å². The Bertz CT molecular complexity index is 2990. The predicted molar refractivity (Wildman–Crippen MR) is 225 cm³/mol. The van der Waals surface area contributed by atoms with Gasteiger partial charge in [-0.25, -0.2) is 15.0 Å². The summed E-state index contributed by atoms with van der Waals surface area (Å²) in [7, 11) is 0. The van der Waals surface area contributed by atoms with Crippen molar-refractivity contribution in [2.24, 2.45) is 0 Å². The standard InChI is InChI=1S/C51H33N3/c1-3-13-34(14-4-1)36-18-11-20-43(31-36)49-52-50(54-51(53-49)48-33-42-17-7-8-22-45(42)46-23-9-10-24-47(46)48)44-21-12-19-37(32-44)39-27-28-40-29-38(25-26-41(40)30-39)35-15-5-2-6-16-35/h1-33H. The van der Waals surface area contributed by atoms with Crippen LogP contribution in [0.4, 0.5) is 0 Å². The van der Waals surface area contributed by atoms with Crippen molar-refractivity contribution in [2.75, 3.05) is 0 Å². The number of aromatic nitrogens is 3. The molecule has 0 bridgehead atoms. The van der Waals surface area contributed by atoms with Crippen LogP contribution in [-0.4, -0.2) is 15.0 Å². The van der Waals surface area contributed by atoms with E-state index in [1.165, 1.54) is 32.7 Å². The van der Waals surface area contributed by atoms with E-state index in [9.17, 15) is 0 Å². The molecule has 0 aliphatic carbocycles. The number of rotatable bonds is 6. The molecule has 252 valence electrons. The number of benzene rings is 9. The van der Waals surface area contributed by atoms with Crippen LogP contribution in [0.25, 0.3) is 99.9 Å². The average molecular weight is 688 g/mol. The van der Waals surface area contributed by atoms with E-state index in [-0.39, 0.29) is 0 Å². The van der Waals surface area contributed by atoms with Gasteiger partial charge in [0.2, 0.25) is 0 Å². The molecule has 0 saturated heterocycles. The van der Waals surface area contributed by atoms with Gasteiger partial charge in [-0.1, -0.05) is 170 Å². The van der Waals surface area contributed by atoms with E-state index in [2.05, 4.69) is 194 Å². The Labute approximate surface area is 313 Å². The van der Waals surface area contributed by atoms with Crippen LogP contribution < -0.4 is 0 Å². The summed E-state index contributed by atoms with van der Waals surface area (Å²) < 4.78 is 0. The summed E-state index contributed by atoms with van der Waals surface area (Å²) in [5.41, 5.74) is 9.79. The molecule has 3 nitrogen and oxygen atoms in total. The molecule has 0 N–H and O–H groups in total. The van der Waals surface area contributed by atoms with Gasteiger partial charge in [-0.15, -0.1) is 0 Å². The second-order valence-electron chi connectivity index (χ2n) is 13.7. The van der Waals surface area contributed by atoms with Gasteiger partial charge >= 0.3 is 0 Å². The number of nitrogens with zero attached hydrogens (tertiary/aromatic N) is 3. The normalized spacial score (nSPS) is 11.3. The van der Waals surface area contributed by atoms with Crippen LogP contribution in [0.3, 0.4) is 0 Å². The lowest BCUT2D eigenvalue weighted by atomic mass is 9.96. The van der Waals surface area contributed by atoms with E-state index in [0.29, 0.717) is 17.5 Å². The Hall–Kier alpha value is -7.23. The summed E-state index contributed by atoms with van der Waals surface area (Å²) in [6.45, 7) is 0. The molecule has 0 aliphatic heterocycles. The highest BCUT2D eigenvalue weighted by molar-refractivity contribution is 6.13. The molecule has 0 atom stereocenters. The first-order valence-electron chi connectivity index (χ1n) is 18.3. The number of hydrogen-bond donors (Lipinski definition) is 0. The van der Waals surface area contributed by atoms with Gasteiger partial charge in [-0.2, -0.15) is 0 Å². The molecule has 1 aromatic heterocycles. The Morgan fingerprint density at radius 2 is 0.648 bits per heavy atom. The second-order valence-corrected chi connectivity index (χ2v) is 13.7. The van der Waals surface area contributed by atoms with Gasteiger partial charge in [0.1, 0.15) is 0 Å². The molecule has 0 spiro atoms. The van der Waals surface area contributed by atoms with Crippen LogP contribution >= 0.6 is 0 Å². The minimum Gasteiger partial charge on any atom is -0.208 e. The maximum Gasteiger partial charge on any atom is 0.164 e. The van der Waals surface area contributed by atoms with Crippen molar-refractivity contribution in [1.82, 2.24) is 15.0 Å². The van der Waals surface area contributed by atoms with Crippen LogP contribution in [0.1, 0.15) is 0 Å². The minimum absolute atomic E-state index is 0.632. The topological polar surface area (TPSA) is 38.7 Å².